The van der Waals surface area contributed by atoms with Gasteiger partial charge in [0.25, 0.3) is 0 Å². The maximum absolute atomic E-state index is 11.8. The van der Waals surface area contributed by atoms with E-state index in [0.29, 0.717) is 24.1 Å². The first-order valence-corrected chi connectivity index (χ1v) is 7.39. The van der Waals surface area contributed by atoms with E-state index in [-0.39, 0.29) is 11.9 Å². The number of β-lactam (4-membered cyclic amide) rings is 1. The molecule has 1 aliphatic heterocycles. The summed E-state index contributed by atoms with van der Waals surface area (Å²) in [6.45, 7) is 2.85. The summed E-state index contributed by atoms with van der Waals surface area (Å²) in [5, 5.41) is 5.89. The summed E-state index contributed by atoms with van der Waals surface area (Å²) in [4.78, 5) is 29.4. The number of carbonyl (C=O) groups excluding carboxylic acids is 2. The third-order valence-electron chi connectivity index (χ3n) is 3.69. The molecule has 1 aromatic heterocycles. The van der Waals surface area contributed by atoms with Gasteiger partial charge in [-0.2, -0.15) is 4.37 Å². The lowest BCUT2D eigenvalue weighted by molar-refractivity contribution is -0.155. The molecule has 1 atom stereocenters. The molecule has 0 aromatic carbocycles. The summed E-state index contributed by atoms with van der Waals surface area (Å²) in [5.41, 5.74) is -0.480. The lowest BCUT2D eigenvalue weighted by Crippen LogP contribution is -2.62. The fourth-order valence-corrected chi connectivity index (χ4v) is 3.02. The van der Waals surface area contributed by atoms with E-state index in [1.807, 2.05) is 6.92 Å². The van der Waals surface area contributed by atoms with Crippen molar-refractivity contribution in [2.24, 2.45) is 5.41 Å². The SMILES string of the molecule is CN1CC(C)(CNC(=O)Nc2nc(C3CC3)ns2)C1=O. The van der Waals surface area contributed by atoms with Crippen molar-refractivity contribution in [3.8, 4) is 0 Å². The minimum Gasteiger partial charge on any atom is -0.344 e. The molecule has 1 aliphatic carbocycles. The molecular weight excluding hydrogens is 278 g/mol. The molecule has 0 radical (unpaired) electrons. The Bertz CT molecular complexity index is 556. The summed E-state index contributed by atoms with van der Waals surface area (Å²) < 4.78 is 4.22. The molecule has 2 aliphatic rings. The zero-order chi connectivity index (χ0) is 14.3. The van der Waals surface area contributed by atoms with E-state index < -0.39 is 5.41 Å². The maximum atomic E-state index is 11.8. The van der Waals surface area contributed by atoms with Crippen LogP contribution in [0.2, 0.25) is 0 Å². The number of likely N-dealkylation sites (tertiary alicyclic amines) is 1. The van der Waals surface area contributed by atoms with E-state index in [9.17, 15) is 9.59 Å². The van der Waals surface area contributed by atoms with Crippen LogP contribution in [0.15, 0.2) is 0 Å². The second kappa shape index (κ2) is 4.69. The van der Waals surface area contributed by atoms with Gasteiger partial charge < -0.3 is 10.2 Å². The molecule has 1 saturated carbocycles. The summed E-state index contributed by atoms with van der Waals surface area (Å²) in [5.74, 6) is 1.37. The number of rotatable bonds is 4. The Hall–Kier alpha value is -1.70. The molecule has 1 unspecified atom stereocenters. The first kappa shape index (κ1) is 13.3. The van der Waals surface area contributed by atoms with Gasteiger partial charge in [-0.25, -0.2) is 9.78 Å². The van der Waals surface area contributed by atoms with Gasteiger partial charge in [0.1, 0.15) is 5.82 Å². The van der Waals surface area contributed by atoms with Crippen LogP contribution in [0.4, 0.5) is 9.93 Å². The van der Waals surface area contributed by atoms with Crippen LogP contribution in [-0.4, -0.2) is 46.3 Å². The molecule has 2 heterocycles. The molecule has 0 bridgehead atoms. The average molecular weight is 295 g/mol. The van der Waals surface area contributed by atoms with Crippen molar-refractivity contribution >= 4 is 28.6 Å². The standard InChI is InChI=1S/C12H17N5O2S/c1-12(6-17(2)9(12)18)5-13-10(19)15-11-14-8(16-20-11)7-3-4-7/h7H,3-6H2,1-2H3,(H2,13,14,15,16,19). The van der Waals surface area contributed by atoms with Gasteiger partial charge >= 0.3 is 6.03 Å². The Balaban J connectivity index is 1.48. The van der Waals surface area contributed by atoms with E-state index in [1.165, 1.54) is 11.5 Å². The number of hydrogen-bond donors (Lipinski definition) is 2. The van der Waals surface area contributed by atoms with Crippen LogP contribution in [0.1, 0.15) is 31.5 Å². The number of amides is 3. The molecule has 3 rings (SSSR count). The second-order valence-corrected chi connectivity index (χ2v) is 6.51. The van der Waals surface area contributed by atoms with Gasteiger partial charge in [0, 0.05) is 37.6 Å². The summed E-state index contributed by atoms with van der Waals surface area (Å²) >= 11 is 1.19. The van der Waals surface area contributed by atoms with Crippen molar-refractivity contribution in [3.63, 3.8) is 0 Å². The first-order valence-electron chi connectivity index (χ1n) is 6.62. The number of carbonyl (C=O) groups is 2. The van der Waals surface area contributed by atoms with Crippen molar-refractivity contribution < 1.29 is 9.59 Å². The van der Waals surface area contributed by atoms with E-state index in [0.717, 1.165) is 18.7 Å². The van der Waals surface area contributed by atoms with Crippen LogP contribution in [0.3, 0.4) is 0 Å². The number of urea groups is 1. The number of hydrogen-bond acceptors (Lipinski definition) is 5. The third-order valence-corrected chi connectivity index (χ3v) is 4.34. The number of nitrogens with zero attached hydrogens (tertiary/aromatic N) is 3. The Morgan fingerprint density at radius 2 is 2.30 bits per heavy atom. The van der Waals surface area contributed by atoms with Crippen LogP contribution in [0, 0.1) is 5.41 Å². The Morgan fingerprint density at radius 1 is 1.55 bits per heavy atom. The highest BCUT2D eigenvalue weighted by Crippen LogP contribution is 2.39. The van der Waals surface area contributed by atoms with Crippen LogP contribution >= 0.6 is 11.5 Å². The molecule has 7 nitrogen and oxygen atoms in total. The fraction of sp³-hybridized carbons (Fsp3) is 0.667. The molecular formula is C12H17N5O2S. The largest absolute Gasteiger partial charge is 0.344 e. The molecule has 0 spiro atoms. The van der Waals surface area contributed by atoms with Crippen molar-refractivity contribution in [3.05, 3.63) is 5.82 Å². The smallest absolute Gasteiger partial charge is 0.321 e. The van der Waals surface area contributed by atoms with Gasteiger partial charge in [-0.3, -0.25) is 10.1 Å². The van der Waals surface area contributed by atoms with Crippen LogP contribution in [0.25, 0.3) is 0 Å². The zero-order valence-corrected chi connectivity index (χ0v) is 12.3. The van der Waals surface area contributed by atoms with Gasteiger partial charge in [-0.1, -0.05) is 0 Å². The van der Waals surface area contributed by atoms with Crippen molar-refractivity contribution in [1.82, 2.24) is 19.6 Å². The highest BCUT2D eigenvalue weighted by Gasteiger charge is 2.46. The highest BCUT2D eigenvalue weighted by molar-refractivity contribution is 7.09. The predicted molar refractivity (Wildman–Crippen MR) is 74.6 cm³/mol. The summed E-state index contributed by atoms with van der Waals surface area (Å²) in [6, 6.07) is -0.341. The van der Waals surface area contributed by atoms with Gasteiger partial charge in [-0.05, 0) is 19.8 Å². The normalized spacial score (nSPS) is 25.3. The van der Waals surface area contributed by atoms with Crippen LogP contribution in [0.5, 0.6) is 0 Å². The molecule has 8 heteroatoms. The van der Waals surface area contributed by atoms with Gasteiger partial charge in [0.05, 0.1) is 5.41 Å². The minimum absolute atomic E-state index is 0.0599. The van der Waals surface area contributed by atoms with E-state index in [4.69, 9.17) is 0 Å². The zero-order valence-electron chi connectivity index (χ0n) is 11.5. The van der Waals surface area contributed by atoms with E-state index >= 15 is 0 Å². The Kier molecular flexibility index (Phi) is 3.12. The first-order chi connectivity index (χ1) is 9.48. The summed E-state index contributed by atoms with van der Waals surface area (Å²) in [6.07, 6.45) is 2.27. The molecule has 108 valence electrons. The molecule has 1 aromatic rings. The summed E-state index contributed by atoms with van der Waals surface area (Å²) in [7, 11) is 1.75. The Labute approximate surface area is 120 Å². The molecule has 3 amide bonds. The highest BCUT2D eigenvalue weighted by atomic mass is 32.1. The average Bonchev–Trinajstić information content (AvgIpc) is 3.17. The van der Waals surface area contributed by atoms with Crippen molar-refractivity contribution in [2.75, 3.05) is 25.5 Å². The van der Waals surface area contributed by atoms with Crippen molar-refractivity contribution in [1.29, 1.82) is 0 Å². The number of nitrogens with one attached hydrogen (secondary N) is 2. The van der Waals surface area contributed by atoms with Crippen molar-refractivity contribution in [2.45, 2.75) is 25.7 Å². The lowest BCUT2D eigenvalue weighted by atomic mass is 9.81. The molecule has 20 heavy (non-hydrogen) atoms. The predicted octanol–water partition coefficient (Wildman–Crippen LogP) is 1.02. The second-order valence-electron chi connectivity index (χ2n) is 5.76. The molecule has 1 saturated heterocycles. The molecule has 2 fully saturated rings. The van der Waals surface area contributed by atoms with E-state index in [1.54, 1.807) is 11.9 Å². The lowest BCUT2D eigenvalue weighted by Gasteiger charge is -2.44. The van der Waals surface area contributed by atoms with Crippen LogP contribution in [-0.2, 0) is 4.79 Å². The quantitative estimate of drug-likeness (QED) is 0.812. The monoisotopic (exact) mass is 295 g/mol. The Morgan fingerprint density at radius 3 is 2.90 bits per heavy atom. The third kappa shape index (κ3) is 2.47. The van der Waals surface area contributed by atoms with E-state index in [2.05, 4.69) is 20.0 Å². The minimum atomic E-state index is -0.480. The van der Waals surface area contributed by atoms with Gasteiger partial charge in [0.2, 0.25) is 11.0 Å². The fourth-order valence-electron chi connectivity index (χ4n) is 2.37. The molecule has 2 N–H and O–H groups in total. The maximum Gasteiger partial charge on any atom is 0.321 e. The van der Waals surface area contributed by atoms with Gasteiger partial charge in [0.15, 0.2) is 0 Å². The van der Waals surface area contributed by atoms with Gasteiger partial charge in [-0.15, -0.1) is 0 Å². The number of anilines is 1. The topological polar surface area (TPSA) is 87.2 Å². The number of aromatic nitrogens is 2. The van der Waals surface area contributed by atoms with Crippen LogP contribution < -0.4 is 10.6 Å².